The highest BCUT2D eigenvalue weighted by Gasteiger charge is 2.43. The first kappa shape index (κ1) is 22.7. The minimum atomic E-state index is -0.989. The second-order valence-corrected chi connectivity index (χ2v) is 7.99. The molecule has 1 heterocycles. The standard InChI is InChI=1S/C22H29FO7/c23-15-2-5-17(6-3-15)29-12-16(24)4-8-18-19-7-1-14(10-28-13-22(26)27)11-30-21(19)9-20(18)25/h2-6,8,14,16,18-21,24-25H,1,7,9-13H2,(H,26,27)/b8-4+/t14-,16-,18-,19-,20-,21+/m1/s1. The van der Waals surface area contributed by atoms with Gasteiger partial charge in [0.05, 0.1) is 25.4 Å². The Balaban J connectivity index is 1.48. The summed E-state index contributed by atoms with van der Waals surface area (Å²) < 4.78 is 29.5. The third-order valence-corrected chi connectivity index (χ3v) is 5.71. The van der Waals surface area contributed by atoms with Gasteiger partial charge in [0.2, 0.25) is 0 Å². The van der Waals surface area contributed by atoms with E-state index in [4.69, 9.17) is 19.3 Å². The Kier molecular flexibility index (Phi) is 8.21. The van der Waals surface area contributed by atoms with Gasteiger partial charge < -0.3 is 29.5 Å². The van der Waals surface area contributed by atoms with Crippen LogP contribution in [0.5, 0.6) is 5.75 Å². The average Bonchev–Trinajstić information content (AvgIpc) is 2.87. The summed E-state index contributed by atoms with van der Waals surface area (Å²) in [7, 11) is 0. The summed E-state index contributed by atoms with van der Waals surface area (Å²) in [6, 6.07) is 5.57. The number of aliphatic hydroxyl groups is 2. The molecule has 1 aliphatic heterocycles. The van der Waals surface area contributed by atoms with E-state index in [0.29, 0.717) is 25.4 Å². The first-order valence-corrected chi connectivity index (χ1v) is 10.3. The minimum Gasteiger partial charge on any atom is -0.491 e. The van der Waals surface area contributed by atoms with Crippen molar-refractivity contribution in [3.63, 3.8) is 0 Å². The zero-order chi connectivity index (χ0) is 21.5. The Morgan fingerprint density at radius 2 is 2.07 bits per heavy atom. The van der Waals surface area contributed by atoms with Crippen LogP contribution in [-0.4, -0.2) is 66.0 Å². The fourth-order valence-electron chi connectivity index (χ4n) is 4.18. The molecule has 1 aromatic carbocycles. The van der Waals surface area contributed by atoms with Crippen molar-refractivity contribution >= 4 is 5.97 Å². The van der Waals surface area contributed by atoms with E-state index in [0.717, 1.165) is 12.8 Å². The quantitative estimate of drug-likeness (QED) is 0.521. The number of rotatable bonds is 9. The van der Waals surface area contributed by atoms with E-state index in [1.54, 1.807) is 6.08 Å². The lowest BCUT2D eigenvalue weighted by Gasteiger charge is -2.21. The number of benzene rings is 1. The summed E-state index contributed by atoms with van der Waals surface area (Å²) >= 11 is 0. The third-order valence-electron chi connectivity index (χ3n) is 5.71. The Morgan fingerprint density at radius 3 is 2.80 bits per heavy atom. The van der Waals surface area contributed by atoms with E-state index < -0.39 is 18.2 Å². The lowest BCUT2D eigenvalue weighted by Crippen LogP contribution is -2.22. The molecule has 0 spiro atoms. The largest absolute Gasteiger partial charge is 0.491 e. The van der Waals surface area contributed by atoms with Crippen molar-refractivity contribution in [3.05, 3.63) is 42.2 Å². The van der Waals surface area contributed by atoms with Gasteiger partial charge in [-0.3, -0.25) is 0 Å². The Hall–Kier alpha value is -2.00. The topological polar surface area (TPSA) is 105 Å². The van der Waals surface area contributed by atoms with Gasteiger partial charge in [0.15, 0.2) is 0 Å². The van der Waals surface area contributed by atoms with Gasteiger partial charge in [-0.05, 0) is 43.0 Å². The normalized spacial score (nSPS) is 30.0. The van der Waals surface area contributed by atoms with Gasteiger partial charge in [0, 0.05) is 18.3 Å². The molecule has 2 fully saturated rings. The number of fused-ring (bicyclic) bond motifs is 1. The van der Waals surface area contributed by atoms with Crippen LogP contribution < -0.4 is 4.74 Å². The first-order valence-electron chi connectivity index (χ1n) is 10.3. The molecule has 1 aromatic rings. The number of aliphatic hydroxyl groups excluding tert-OH is 2. The van der Waals surface area contributed by atoms with Crippen molar-refractivity contribution in [1.29, 1.82) is 0 Å². The van der Waals surface area contributed by atoms with Crippen LogP contribution in [0.1, 0.15) is 19.3 Å². The molecule has 1 saturated heterocycles. The molecule has 6 atom stereocenters. The summed E-state index contributed by atoms with van der Waals surface area (Å²) in [6.07, 6.45) is 4.19. The van der Waals surface area contributed by atoms with E-state index in [1.807, 2.05) is 6.08 Å². The fraction of sp³-hybridized carbons (Fsp3) is 0.591. The maximum atomic E-state index is 12.9. The first-order chi connectivity index (χ1) is 14.4. The van der Waals surface area contributed by atoms with Crippen LogP contribution in [0, 0.1) is 23.6 Å². The Morgan fingerprint density at radius 1 is 1.30 bits per heavy atom. The van der Waals surface area contributed by atoms with Crippen LogP contribution >= 0.6 is 0 Å². The highest BCUT2D eigenvalue weighted by atomic mass is 19.1. The van der Waals surface area contributed by atoms with E-state index >= 15 is 0 Å². The number of carboxylic acids is 1. The summed E-state index contributed by atoms with van der Waals surface area (Å²) in [6.45, 7) is 0.538. The predicted molar refractivity (Wildman–Crippen MR) is 106 cm³/mol. The number of hydrogen-bond donors (Lipinski definition) is 3. The van der Waals surface area contributed by atoms with Crippen molar-refractivity contribution in [2.24, 2.45) is 17.8 Å². The highest BCUT2D eigenvalue weighted by Crippen LogP contribution is 2.41. The highest BCUT2D eigenvalue weighted by molar-refractivity contribution is 5.67. The Labute approximate surface area is 175 Å². The average molecular weight is 424 g/mol. The van der Waals surface area contributed by atoms with Gasteiger partial charge in [-0.25, -0.2) is 9.18 Å². The van der Waals surface area contributed by atoms with Crippen LogP contribution in [0.2, 0.25) is 0 Å². The summed E-state index contributed by atoms with van der Waals surface area (Å²) in [4.78, 5) is 10.6. The molecule has 2 aliphatic rings. The zero-order valence-corrected chi connectivity index (χ0v) is 16.7. The third kappa shape index (κ3) is 6.50. The minimum absolute atomic E-state index is 0.0263. The van der Waals surface area contributed by atoms with Crippen LogP contribution in [0.4, 0.5) is 4.39 Å². The maximum Gasteiger partial charge on any atom is 0.329 e. The molecule has 0 bridgehead atoms. The second-order valence-electron chi connectivity index (χ2n) is 7.99. The monoisotopic (exact) mass is 424 g/mol. The number of carboxylic acid groups (broad SMARTS) is 1. The van der Waals surface area contributed by atoms with Crippen LogP contribution in [0.15, 0.2) is 36.4 Å². The van der Waals surface area contributed by atoms with Crippen molar-refractivity contribution < 1.29 is 38.7 Å². The molecule has 0 radical (unpaired) electrons. The molecular weight excluding hydrogens is 395 g/mol. The van der Waals surface area contributed by atoms with Gasteiger partial charge >= 0.3 is 5.97 Å². The van der Waals surface area contributed by atoms with Crippen molar-refractivity contribution in [2.45, 2.75) is 37.6 Å². The van der Waals surface area contributed by atoms with E-state index in [-0.39, 0.29) is 42.9 Å². The van der Waals surface area contributed by atoms with Gasteiger partial charge in [-0.2, -0.15) is 0 Å². The van der Waals surface area contributed by atoms with E-state index in [1.165, 1.54) is 24.3 Å². The van der Waals surface area contributed by atoms with Crippen LogP contribution in [0.25, 0.3) is 0 Å². The molecule has 7 nitrogen and oxygen atoms in total. The van der Waals surface area contributed by atoms with Crippen LogP contribution in [0.3, 0.4) is 0 Å². The molecule has 1 aliphatic carbocycles. The van der Waals surface area contributed by atoms with Gasteiger partial charge in [0.1, 0.15) is 30.9 Å². The van der Waals surface area contributed by atoms with E-state index in [9.17, 15) is 19.4 Å². The zero-order valence-electron chi connectivity index (χ0n) is 16.7. The SMILES string of the molecule is O=C(O)COC[C@H]1CC[C@@H]2[C@@H](/C=C/[C@@H](O)COc3ccc(F)cc3)[C@H](O)C[C@@H]2OC1. The van der Waals surface area contributed by atoms with Crippen molar-refractivity contribution in [2.75, 3.05) is 26.4 Å². The fourth-order valence-corrected chi connectivity index (χ4v) is 4.18. The number of hydrogen-bond acceptors (Lipinski definition) is 6. The molecule has 30 heavy (non-hydrogen) atoms. The Bertz CT molecular complexity index is 708. The molecule has 3 rings (SSSR count). The van der Waals surface area contributed by atoms with Gasteiger partial charge in [-0.1, -0.05) is 12.2 Å². The number of halogens is 1. The molecular formula is C22H29FO7. The van der Waals surface area contributed by atoms with Gasteiger partial charge in [0.25, 0.3) is 0 Å². The summed E-state index contributed by atoms with van der Waals surface area (Å²) in [5, 5.41) is 29.3. The molecule has 1 saturated carbocycles. The second kappa shape index (κ2) is 10.9. The molecule has 0 amide bonds. The van der Waals surface area contributed by atoms with Crippen molar-refractivity contribution in [3.8, 4) is 5.75 Å². The predicted octanol–water partition coefficient (Wildman–Crippen LogP) is 2.02. The van der Waals surface area contributed by atoms with Crippen LogP contribution in [-0.2, 0) is 14.3 Å². The molecule has 0 unspecified atom stereocenters. The van der Waals surface area contributed by atoms with Crippen molar-refractivity contribution in [1.82, 2.24) is 0 Å². The maximum absolute atomic E-state index is 12.9. The summed E-state index contributed by atoms with van der Waals surface area (Å²) in [5.74, 6) is -0.741. The smallest absolute Gasteiger partial charge is 0.329 e. The number of carbonyl (C=O) groups is 1. The van der Waals surface area contributed by atoms with Gasteiger partial charge in [-0.15, -0.1) is 0 Å². The lowest BCUT2D eigenvalue weighted by atomic mass is 9.87. The summed E-state index contributed by atoms with van der Waals surface area (Å²) in [5.41, 5.74) is 0. The lowest BCUT2D eigenvalue weighted by molar-refractivity contribution is -0.143. The molecule has 166 valence electrons. The molecule has 0 aromatic heterocycles. The van der Waals surface area contributed by atoms with E-state index in [2.05, 4.69) is 0 Å². The number of aliphatic carboxylic acids is 1. The number of ether oxygens (including phenoxy) is 3. The molecule has 8 heteroatoms. The molecule has 3 N–H and O–H groups in total.